The molecule has 118 valence electrons. The lowest BCUT2D eigenvalue weighted by atomic mass is 10.1. The number of pyridine rings is 1. The highest BCUT2D eigenvalue weighted by Gasteiger charge is 2.24. The molecule has 1 aliphatic rings. The zero-order chi connectivity index (χ0) is 16.0. The monoisotopic (exact) mass is 309 g/mol. The van der Waals surface area contributed by atoms with Gasteiger partial charge >= 0.3 is 0 Å². The largest absolute Gasteiger partial charge is 0.372 e. The lowest BCUT2D eigenvalue weighted by molar-refractivity contribution is -0.00545. The number of nitrogens with zero attached hydrogens (tertiary/aromatic N) is 3. The van der Waals surface area contributed by atoms with E-state index in [1.54, 1.807) is 16.7 Å². The van der Waals surface area contributed by atoms with E-state index >= 15 is 0 Å². The van der Waals surface area contributed by atoms with Crippen LogP contribution < -0.4 is 10.5 Å². The molecule has 1 aliphatic heterocycles. The fourth-order valence-electron chi connectivity index (χ4n) is 3.34. The maximum absolute atomic E-state index is 12.5. The second-order valence-electron chi connectivity index (χ2n) is 6.21. The SMILES string of the molecule is CC1CN(c2cc(=O)n3ccc4ccccc4c3n2)CC(C)O1. The van der Waals surface area contributed by atoms with Crippen molar-refractivity contribution < 1.29 is 4.74 Å². The molecule has 1 saturated heterocycles. The minimum atomic E-state index is -0.0532. The lowest BCUT2D eigenvalue weighted by Gasteiger charge is -2.36. The molecule has 4 rings (SSSR count). The topological polar surface area (TPSA) is 46.8 Å². The summed E-state index contributed by atoms with van der Waals surface area (Å²) in [5, 5.41) is 2.07. The molecular weight excluding hydrogens is 290 g/mol. The molecule has 2 atom stereocenters. The van der Waals surface area contributed by atoms with Crippen LogP contribution in [0.2, 0.25) is 0 Å². The Kier molecular flexibility index (Phi) is 3.31. The molecule has 0 bridgehead atoms. The molecule has 0 saturated carbocycles. The van der Waals surface area contributed by atoms with E-state index in [1.807, 2.05) is 44.2 Å². The average molecular weight is 309 g/mol. The van der Waals surface area contributed by atoms with Gasteiger partial charge in [-0.3, -0.25) is 9.20 Å². The van der Waals surface area contributed by atoms with E-state index in [1.165, 1.54) is 0 Å². The Morgan fingerprint density at radius 3 is 2.65 bits per heavy atom. The van der Waals surface area contributed by atoms with Crippen LogP contribution in [-0.4, -0.2) is 34.7 Å². The number of fused-ring (bicyclic) bond motifs is 3. The first kappa shape index (κ1) is 14.2. The van der Waals surface area contributed by atoms with E-state index in [-0.39, 0.29) is 17.8 Å². The van der Waals surface area contributed by atoms with Crippen LogP contribution in [0.4, 0.5) is 5.82 Å². The highest BCUT2D eigenvalue weighted by molar-refractivity contribution is 5.94. The highest BCUT2D eigenvalue weighted by Crippen LogP contribution is 2.21. The van der Waals surface area contributed by atoms with Crippen molar-refractivity contribution in [2.24, 2.45) is 0 Å². The summed E-state index contributed by atoms with van der Waals surface area (Å²) >= 11 is 0. The standard InChI is InChI=1S/C18H19N3O2/c1-12-10-20(11-13(2)23-12)16-9-17(22)21-8-7-14-5-3-4-6-15(14)18(21)19-16/h3-9,12-13H,10-11H2,1-2H3. The number of anilines is 1. The first-order chi connectivity index (χ1) is 11.1. The molecule has 3 heterocycles. The van der Waals surface area contributed by atoms with Gasteiger partial charge in [0.1, 0.15) is 11.5 Å². The molecule has 5 heteroatoms. The molecular formula is C18H19N3O2. The Bertz CT molecular complexity index is 924. The predicted octanol–water partition coefficient (Wildman–Crippen LogP) is 2.46. The van der Waals surface area contributed by atoms with E-state index < -0.39 is 0 Å². The Morgan fingerprint density at radius 2 is 1.87 bits per heavy atom. The summed E-state index contributed by atoms with van der Waals surface area (Å²) in [5.41, 5.74) is 0.653. The minimum absolute atomic E-state index is 0.0532. The lowest BCUT2D eigenvalue weighted by Crippen LogP contribution is -2.46. The number of ether oxygens (including phenoxy) is 1. The zero-order valence-corrected chi connectivity index (χ0v) is 13.3. The Morgan fingerprint density at radius 1 is 1.13 bits per heavy atom. The number of morpholine rings is 1. The summed E-state index contributed by atoms with van der Waals surface area (Å²) in [6.45, 7) is 5.59. The number of hydrogen-bond donors (Lipinski definition) is 0. The van der Waals surface area contributed by atoms with Crippen LogP contribution in [0.1, 0.15) is 13.8 Å². The molecule has 2 aromatic heterocycles. The molecule has 0 radical (unpaired) electrons. The summed E-state index contributed by atoms with van der Waals surface area (Å²) in [5.74, 6) is 0.730. The summed E-state index contributed by atoms with van der Waals surface area (Å²) in [6, 6.07) is 11.6. The summed E-state index contributed by atoms with van der Waals surface area (Å²) in [4.78, 5) is 19.4. The van der Waals surface area contributed by atoms with Crippen molar-refractivity contribution >= 4 is 22.2 Å². The molecule has 2 unspecified atom stereocenters. The molecule has 1 fully saturated rings. The van der Waals surface area contributed by atoms with Crippen LogP contribution in [0.15, 0.2) is 47.4 Å². The fourth-order valence-corrected chi connectivity index (χ4v) is 3.34. The van der Waals surface area contributed by atoms with Gasteiger partial charge in [-0.15, -0.1) is 0 Å². The van der Waals surface area contributed by atoms with E-state index in [0.717, 1.165) is 29.7 Å². The molecule has 3 aromatic rings. The van der Waals surface area contributed by atoms with Crippen LogP contribution in [-0.2, 0) is 4.74 Å². The second kappa shape index (κ2) is 5.35. The molecule has 0 aliphatic carbocycles. The normalized spacial score (nSPS) is 21.9. The van der Waals surface area contributed by atoms with E-state index in [0.29, 0.717) is 5.65 Å². The zero-order valence-electron chi connectivity index (χ0n) is 13.3. The molecule has 0 N–H and O–H groups in total. The summed E-state index contributed by atoms with van der Waals surface area (Å²) in [7, 11) is 0. The van der Waals surface area contributed by atoms with Crippen molar-refractivity contribution in [1.29, 1.82) is 0 Å². The Hall–Kier alpha value is -2.40. The highest BCUT2D eigenvalue weighted by atomic mass is 16.5. The minimum Gasteiger partial charge on any atom is -0.372 e. The van der Waals surface area contributed by atoms with Crippen LogP contribution in [0.3, 0.4) is 0 Å². The van der Waals surface area contributed by atoms with Crippen LogP contribution >= 0.6 is 0 Å². The van der Waals surface area contributed by atoms with Crippen LogP contribution in [0.25, 0.3) is 16.4 Å². The van der Waals surface area contributed by atoms with Gasteiger partial charge in [-0.05, 0) is 25.3 Å². The van der Waals surface area contributed by atoms with Gasteiger partial charge in [0, 0.05) is 30.7 Å². The molecule has 0 spiro atoms. The van der Waals surface area contributed by atoms with Gasteiger partial charge in [0.15, 0.2) is 0 Å². The Balaban J connectivity index is 1.91. The van der Waals surface area contributed by atoms with Crippen molar-refractivity contribution in [3.8, 4) is 0 Å². The van der Waals surface area contributed by atoms with Crippen molar-refractivity contribution in [2.75, 3.05) is 18.0 Å². The van der Waals surface area contributed by atoms with E-state index in [4.69, 9.17) is 9.72 Å². The molecule has 0 amide bonds. The number of aromatic nitrogens is 2. The third-order valence-corrected chi connectivity index (χ3v) is 4.29. The third kappa shape index (κ3) is 2.47. The van der Waals surface area contributed by atoms with Crippen molar-refractivity contribution in [2.45, 2.75) is 26.1 Å². The maximum atomic E-state index is 12.5. The predicted molar refractivity (Wildman–Crippen MR) is 91.2 cm³/mol. The quantitative estimate of drug-likeness (QED) is 0.648. The fraction of sp³-hybridized carbons (Fsp3) is 0.333. The van der Waals surface area contributed by atoms with Crippen molar-refractivity contribution in [3.63, 3.8) is 0 Å². The van der Waals surface area contributed by atoms with Gasteiger partial charge in [-0.2, -0.15) is 0 Å². The van der Waals surface area contributed by atoms with Gasteiger partial charge in [0.2, 0.25) is 0 Å². The summed E-state index contributed by atoms with van der Waals surface area (Å²) in [6.07, 6.45) is 2.06. The van der Waals surface area contributed by atoms with E-state index in [9.17, 15) is 4.79 Å². The van der Waals surface area contributed by atoms with Gasteiger partial charge < -0.3 is 9.64 Å². The first-order valence-corrected chi connectivity index (χ1v) is 7.93. The van der Waals surface area contributed by atoms with Gasteiger partial charge in [0.25, 0.3) is 5.56 Å². The van der Waals surface area contributed by atoms with Crippen LogP contribution in [0.5, 0.6) is 0 Å². The molecule has 23 heavy (non-hydrogen) atoms. The Labute approximate surface area is 134 Å². The number of benzene rings is 1. The van der Waals surface area contributed by atoms with Crippen LogP contribution in [0, 0.1) is 0 Å². The number of hydrogen-bond acceptors (Lipinski definition) is 4. The van der Waals surface area contributed by atoms with E-state index in [2.05, 4.69) is 4.90 Å². The van der Waals surface area contributed by atoms with Gasteiger partial charge in [-0.1, -0.05) is 24.3 Å². The van der Waals surface area contributed by atoms with Crippen molar-refractivity contribution in [3.05, 3.63) is 52.9 Å². The average Bonchev–Trinajstić information content (AvgIpc) is 2.53. The molecule has 1 aromatic carbocycles. The second-order valence-corrected chi connectivity index (χ2v) is 6.21. The third-order valence-electron chi connectivity index (χ3n) is 4.29. The summed E-state index contributed by atoms with van der Waals surface area (Å²) < 4.78 is 7.38. The molecule has 5 nitrogen and oxygen atoms in total. The first-order valence-electron chi connectivity index (χ1n) is 7.93. The van der Waals surface area contributed by atoms with Gasteiger partial charge in [-0.25, -0.2) is 4.98 Å². The van der Waals surface area contributed by atoms with Gasteiger partial charge in [0.05, 0.1) is 12.2 Å². The number of rotatable bonds is 1. The van der Waals surface area contributed by atoms with Crippen molar-refractivity contribution in [1.82, 2.24) is 9.38 Å². The maximum Gasteiger partial charge on any atom is 0.259 e. The smallest absolute Gasteiger partial charge is 0.259 e.